The third-order valence-electron chi connectivity index (χ3n) is 5.65. The van der Waals surface area contributed by atoms with Crippen LogP contribution < -0.4 is 10.1 Å². The number of carbonyl (C=O) groups is 2. The van der Waals surface area contributed by atoms with Crippen molar-refractivity contribution in [3.8, 4) is 5.75 Å². The minimum atomic E-state index is -0.563. The number of rotatable bonds is 8. The molecule has 0 saturated heterocycles. The van der Waals surface area contributed by atoms with Crippen LogP contribution in [0.3, 0.4) is 0 Å². The summed E-state index contributed by atoms with van der Waals surface area (Å²) in [6.45, 7) is 2.15. The largest absolute Gasteiger partial charge is 0.497 e. The van der Waals surface area contributed by atoms with Gasteiger partial charge in [-0.25, -0.2) is 0 Å². The molecule has 0 aromatic heterocycles. The molecule has 2 aromatic carbocycles. The lowest BCUT2D eigenvalue weighted by molar-refractivity contribution is -0.140. The molecule has 1 fully saturated rings. The number of nitrogens with one attached hydrogen (secondary N) is 1. The third-order valence-corrected chi connectivity index (χ3v) is 5.90. The molecule has 0 radical (unpaired) electrons. The molecule has 0 heterocycles. The average molecular weight is 429 g/mol. The SMILES string of the molecule is COc1ccc(CC(=O)N(Cc2ccc(Cl)cc2)[C@@H](C)C(=O)NC2CCCC2)cc1. The summed E-state index contributed by atoms with van der Waals surface area (Å²) in [5.74, 6) is 0.552. The second-order valence-electron chi connectivity index (χ2n) is 7.84. The molecule has 0 spiro atoms. The number of hydrogen-bond acceptors (Lipinski definition) is 3. The highest BCUT2D eigenvalue weighted by molar-refractivity contribution is 6.30. The first kappa shape index (κ1) is 22.2. The Morgan fingerprint density at radius 1 is 1.07 bits per heavy atom. The summed E-state index contributed by atoms with van der Waals surface area (Å²) in [4.78, 5) is 27.7. The number of ether oxygens (including phenoxy) is 1. The van der Waals surface area contributed by atoms with E-state index in [-0.39, 0.29) is 24.3 Å². The van der Waals surface area contributed by atoms with Gasteiger partial charge in [-0.05, 0) is 55.2 Å². The first-order chi connectivity index (χ1) is 14.5. The summed E-state index contributed by atoms with van der Waals surface area (Å²) in [7, 11) is 1.61. The smallest absolute Gasteiger partial charge is 0.242 e. The summed E-state index contributed by atoms with van der Waals surface area (Å²) in [6, 6.07) is 14.4. The van der Waals surface area contributed by atoms with Crippen LogP contribution >= 0.6 is 11.6 Å². The Morgan fingerprint density at radius 3 is 2.27 bits per heavy atom. The van der Waals surface area contributed by atoms with E-state index in [0.29, 0.717) is 11.6 Å². The molecule has 0 unspecified atom stereocenters. The van der Waals surface area contributed by atoms with Crippen molar-refractivity contribution in [2.75, 3.05) is 7.11 Å². The Balaban J connectivity index is 1.74. The zero-order valence-corrected chi connectivity index (χ0v) is 18.3. The normalized spacial score (nSPS) is 14.9. The second kappa shape index (κ2) is 10.5. The van der Waals surface area contributed by atoms with Gasteiger partial charge < -0.3 is 15.0 Å². The molecule has 1 aliphatic rings. The number of methoxy groups -OCH3 is 1. The standard InChI is InChI=1S/C24H29ClN2O3/c1-17(24(29)26-21-5-3-4-6-21)27(16-19-7-11-20(25)12-8-19)23(28)15-18-9-13-22(30-2)14-10-18/h7-14,17,21H,3-6,15-16H2,1-2H3,(H,26,29)/t17-/m0/s1. The number of halogens is 1. The molecule has 3 rings (SSSR count). The van der Waals surface area contributed by atoms with Gasteiger partial charge in [0.15, 0.2) is 0 Å². The molecule has 160 valence electrons. The van der Waals surface area contributed by atoms with E-state index in [1.54, 1.807) is 31.1 Å². The molecule has 0 aliphatic heterocycles. The van der Waals surface area contributed by atoms with E-state index in [2.05, 4.69) is 5.32 Å². The molecule has 5 nitrogen and oxygen atoms in total. The lowest BCUT2D eigenvalue weighted by Gasteiger charge is -2.30. The van der Waals surface area contributed by atoms with Gasteiger partial charge in [0.25, 0.3) is 0 Å². The first-order valence-corrected chi connectivity index (χ1v) is 10.8. The van der Waals surface area contributed by atoms with Crippen LogP contribution in [-0.4, -0.2) is 35.9 Å². The molecule has 1 atom stereocenters. The molecule has 2 amide bonds. The van der Waals surface area contributed by atoms with E-state index in [1.807, 2.05) is 36.4 Å². The van der Waals surface area contributed by atoms with Crippen molar-refractivity contribution in [2.45, 2.75) is 57.7 Å². The van der Waals surface area contributed by atoms with Crippen LogP contribution in [0.25, 0.3) is 0 Å². The molecule has 6 heteroatoms. The number of benzene rings is 2. The Labute approximate surface area is 183 Å². The maximum Gasteiger partial charge on any atom is 0.242 e. The predicted octanol–water partition coefficient (Wildman–Crippen LogP) is 4.37. The summed E-state index contributed by atoms with van der Waals surface area (Å²) < 4.78 is 5.18. The van der Waals surface area contributed by atoms with E-state index in [9.17, 15) is 9.59 Å². The molecule has 1 aliphatic carbocycles. The fourth-order valence-electron chi connectivity index (χ4n) is 3.78. The van der Waals surface area contributed by atoms with Gasteiger partial charge in [0.05, 0.1) is 13.5 Å². The van der Waals surface area contributed by atoms with Crippen molar-refractivity contribution in [2.24, 2.45) is 0 Å². The highest BCUT2D eigenvalue weighted by atomic mass is 35.5. The lowest BCUT2D eigenvalue weighted by Crippen LogP contribution is -2.50. The highest BCUT2D eigenvalue weighted by Crippen LogP contribution is 2.20. The van der Waals surface area contributed by atoms with Crippen molar-refractivity contribution in [3.63, 3.8) is 0 Å². The summed E-state index contributed by atoms with van der Waals surface area (Å²) in [5.41, 5.74) is 1.81. The highest BCUT2D eigenvalue weighted by Gasteiger charge is 2.28. The van der Waals surface area contributed by atoms with Gasteiger partial charge in [-0.15, -0.1) is 0 Å². The van der Waals surface area contributed by atoms with Gasteiger partial charge in [0, 0.05) is 17.6 Å². The van der Waals surface area contributed by atoms with Crippen molar-refractivity contribution in [1.82, 2.24) is 10.2 Å². The Morgan fingerprint density at radius 2 is 1.67 bits per heavy atom. The van der Waals surface area contributed by atoms with Crippen molar-refractivity contribution in [1.29, 1.82) is 0 Å². The summed E-state index contributed by atoms with van der Waals surface area (Å²) >= 11 is 6.00. The van der Waals surface area contributed by atoms with Crippen LogP contribution in [0.4, 0.5) is 0 Å². The Bertz CT molecular complexity index is 846. The predicted molar refractivity (Wildman–Crippen MR) is 119 cm³/mol. The minimum absolute atomic E-state index is 0.0933. The molecule has 1 N–H and O–H groups in total. The van der Waals surface area contributed by atoms with Crippen LogP contribution in [-0.2, 0) is 22.6 Å². The number of nitrogens with zero attached hydrogens (tertiary/aromatic N) is 1. The molecule has 1 saturated carbocycles. The molecular weight excluding hydrogens is 400 g/mol. The lowest BCUT2D eigenvalue weighted by atomic mass is 10.1. The van der Waals surface area contributed by atoms with Crippen LogP contribution in [0.2, 0.25) is 5.02 Å². The Hall–Kier alpha value is -2.53. The number of carbonyl (C=O) groups excluding carboxylic acids is 2. The van der Waals surface area contributed by atoms with Crippen LogP contribution in [0.1, 0.15) is 43.7 Å². The van der Waals surface area contributed by atoms with Gasteiger partial charge in [-0.2, -0.15) is 0 Å². The molecule has 30 heavy (non-hydrogen) atoms. The van der Waals surface area contributed by atoms with E-state index in [1.165, 1.54) is 0 Å². The number of hydrogen-bond donors (Lipinski definition) is 1. The molecular formula is C24H29ClN2O3. The van der Waals surface area contributed by atoms with Crippen molar-refractivity contribution in [3.05, 3.63) is 64.7 Å². The zero-order valence-electron chi connectivity index (χ0n) is 17.6. The zero-order chi connectivity index (χ0) is 21.5. The monoisotopic (exact) mass is 428 g/mol. The fourth-order valence-corrected chi connectivity index (χ4v) is 3.91. The van der Waals surface area contributed by atoms with Crippen LogP contribution in [0, 0.1) is 0 Å². The van der Waals surface area contributed by atoms with Crippen molar-refractivity contribution >= 4 is 23.4 Å². The van der Waals surface area contributed by atoms with Crippen molar-refractivity contribution < 1.29 is 14.3 Å². The van der Waals surface area contributed by atoms with Gasteiger partial charge >= 0.3 is 0 Å². The first-order valence-electron chi connectivity index (χ1n) is 10.4. The second-order valence-corrected chi connectivity index (χ2v) is 8.28. The summed E-state index contributed by atoms with van der Waals surface area (Å²) in [5, 5.41) is 3.76. The van der Waals surface area contributed by atoms with Crippen LogP contribution in [0.15, 0.2) is 48.5 Å². The average Bonchev–Trinajstić information content (AvgIpc) is 3.26. The topological polar surface area (TPSA) is 58.6 Å². The Kier molecular flexibility index (Phi) is 7.75. The van der Waals surface area contributed by atoms with Gasteiger partial charge in [-0.3, -0.25) is 9.59 Å². The third kappa shape index (κ3) is 5.99. The maximum atomic E-state index is 13.2. The minimum Gasteiger partial charge on any atom is -0.497 e. The molecule has 2 aromatic rings. The van der Waals surface area contributed by atoms with E-state index in [4.69, 9.17) is 16.3 Å². The van der Waals surface area contributed by atoms with E-state index in [0.717, 1.165) is 42.6 Å². The molecule has 0 bridgehead atoms. The number of amides is 2. The van der Waals surface area contributed by atoms with Gasteiger partial charge in [0.2, 0.25) is 11.8 Å². The fraction of sp³-hybridized carbons (Fsp3) is 0.417. The summed E-state index contributed by atoms with van der Waals surface area (Å²) in [6.07, 6.45) is 4.53. The van der Waals surface area contributed by atoms with E-state index < -0.39 is 6.04 Å². The van der Waals surface area contributed by atoms with Gasteiger partial charge in [0.1, 0.15) is 11.8 Å². The maximum absolute atomic E-state index is 13.2. The van der Waals surface area contributed by atoms with Crippen LogP contribution in [0.5, 0.6) is 5.75 Å². The quantitative estimate of drug-likeness (QED) is 0.679. The van der Waals surface area contributed by atoms with E-state index >= 15 is 0 Å². The van der Waals surface area contributed by atoms with Gasteiger partial charge in [-0.1, -0.05) is 48.7 Å².